The molecule has 28 heavy (non-hydrogen) atoms. The predicted molar refractivity (Wildman–Crippen MR) is 110 cm³/mol. The summed E-state index contributed by atoms with van der Waals surface area (Å²) in [5.74, 6) is 0.464. The molecule has 1 fully saturated rings. The van der Waals surface area contributed by atoms with E-state index < -0.39 is 0 Å². The molecular formula is C21H26FN5O. The number of nitrogens with one attached hydrogen (secondary N) is 3. The summed E-state index contributed by atoms with van der Waals surface area (Å²) in [5, 5.41) is 9.17. The van der Waals surface area contributed by atoms with Crippen LogP contribution in [-0.2, 0) is 17.9 Å². The molecule has 0 radical (unpaired) electrons. The van der Waals surface area contributed by atoms with Gasteiger partial charge in [0, 0.05) is 37.4 Å². The predicted octanol–water partition coefficient (Wildman–Crippen LogP) is 2.02. The number of guanidine groups is 1. The molecule has 0 spiro atoms. The van der Waals surface area contributed by atoms with Crippen LogP contribution in [0.4, 0.5) is 10.1 Å². The first kappa shape index (κ1) is 19.7. The molecule has 3 rings (SSSR count). The number of hydrogen-bond acceptors (Lipinski definition) is 3. The highest BCUT2D eigenvalue weighted by molar-refractivity contribution is 5.82. The van der Waals surface area contributed by atoms with Crippen LogP contribution in [0.1, 0.15) is 18.1 Å². The van der Waals surface area contributed by atoms with Gasteiger partial charge >= 0.3 is 0 Å². The van der Waals surface area contributed by atoms with Crippen molar-refractivity contribution in [3.05, 3.63) is 65.5 Å². The second kappa shape index (κ2) is 9.73. The van der Waals surface area contributed by atoms with Crippen LogP contribution in [0.15, 0.2) is 53.5 Å². The largest absolute Gasteiger partial charge is 0.360 e. The first-order chi connectivity index (χ1) is 13.7. The maximum Gasteiger partial charge on any atom is 0.239 e. The Morgan fingerprint density at radius 2 is 1.96 bits per heavy atom. The lowest BCUT2D eigenvalue weighted by atomic mass is 10.2. The number of carbonyl (C=O) groups is 1. The number of carbonyl (C=O) groups excluding carboxylic acids is 1. The number of hydrogen-bond donors (Lipinski definition) is 3. The normalized spacial score (nSPS) is 14.6. The molecular weight excluding hydrogens is 357 g/mol. The first-order valence-electron chi connectivity index (χ1n) is 9.52. The van der Waals surface area contributed by atoms with Crippen molar-refractivity contribution < 1.29 is 9.18 Å². The summed E-state index contributed by atoms with van der Waals surface area (Å²) in [6.07, 6.45) is 0. The number of amides is 1. The van der Waals surface area contributed by atoms with Crippen LogP contribution in [0.2, 0.25) is 0 Å². The summed E-state index contributed by atoms with van der Waals surface area (Å²) in [6.45, 7) is 5.46. The van der Waals surface area contributed by atoms with E-state index in [0.717, 1.165) is 24.3 Å². The summed E-state index contributed by atoms with van der Waals surface area (Å²) in [5.41, 5.74) is 2.70. The van der Waals surface area contributed by atoms with Gasteiger partial charge < -0.3 is 20.9 Å². The highest BCUT2D eigenvalue weighted by Crippen LogP contribution is 2.16. The number of halogens is 1. The number of rotatable bonds is 6. The van der Waals surface area contributed by atoms with E-state index in [0.29, 0.717) is 37.7 Å². The SMILES string of the molecule is CCNC(=NCc1ccc(N2CCNC(=O)C2)cc1)NCc1ccccc1F. The smallest absolute Gasteiger partial charge is 0.239 e. The van der Waals surface area contributed by atoms with E-state index in [-0.39, 0.29) is 11.7 Å². The van der Waals surface area contributed by atoms with Gasteiger partial charge in [-0.25, -0.2) is 9.38 Å². The average molecular weight is 383 g/mol. The van der Waals surface area contributed by atoms with Crippen molar-refractivity contribution in [2.24, 2.45) is 4.99 Å². The fourth-order valence-electron chi connectivity index (χ4n) is 3.00. The monoisotopic (exact) mass is 383 g/mol. The molecule has 1 amide bonds. The molecule has 1 heterocycles. The third kappa shape index (κ3) is 5.45. The molecule has 1 aliphatic rings. The number of nitrogens with zero attached hydrogens (tertiary/aromatic N) is 2. The maximum absolute atomic E-state index is 13.8. The minimum Gasteiger partial charge on any atom is -0.360 e. The third-order valence-electron chi connectivity index (χ3n) is 4.51. The lowest BCUT2D eigenvalue weighted by Gasteiger charge is -2.28. The van der Waals surface area contributed by atoms with Crippen molar-refractivity contribution in [3.8, 4) is 0 Å². The van der Waals surface area contributed by atoms with Gasteiger partial charge in [-0.05, 0) is 30.7 Å². The molecule has 1 saturated heterocycles. The Morgan fingerprint density at radius 3 is 2.68 bits per heavy atom. The molecule has 6 nitrogen and oxygen atoms in total. The summed E-state index contributed by atoms with van der Waals surface area (Å²) >= 11 is 0. The quantitative estimate of drug-likeness (QED) is 0.527. The molecule has 0 unspecified atom stereocenters. The van der Waals surface area contributed by atoms with Crippen LogP contribution < -0.4 is 20.9 Å². The zero-order valence-electron chi connectivity index (χ0n) is 16.0. The average Bonchev–Trinajstić information content (AvgIpc) is 2.71. The van der Waals surface area contributed by atoms with Gasteiger partial charge in [0.2, 0.25) is 5.91 Å². The highest BCUT2D eigenvalue weighted by atomic mass is 19.1. The summed E-state index contributed by atoms with van der Waals surface area (Å²) in [4.78, 5) is 18.2. The molecule has 7 heteroatoms. The first-order valence-corrected chi connectivity index (χ1v) is 9.52. The van der Waals surface area contributed by atoms with Crippen LogP contribution in [0.3, 0.4) is 0 Å². The Labute approximate surface area is 164 Å². The second-order valence-corrected chi connectivity index (χ2v) is 6.58. The maximum atomic E-state index is 13.8. The van der Waals surface area contributed by atoms with Gasteiger partial charge in [0.25, 0.3) is 0 Å². The summed E-state index contributed by atoms with van der Waals surface area (Å²) < 4.78 is 13.8. The van der Waals surface area contributed by atoms with Crippen molar-refractivity contribution in [1.29, 1.82) is 0 Å². The molecule has 0 aliphatic carbocycles. The fourth-order valence-corrected chi connectivity index (χ4v) is 3.00. The van der Waals surface area contributed by atoms with E-state index in [1.807, 2.05) is 37.3 Å². The molecule has 2 aromatic carbocycles. The topological polar surface area (TPSA) is 68.8 Å². The minimum atomic E-state index is -0.229. The van der Waals surface area contributed by atoms with Crippen molar-refractivity contribution in [2.75, 3.05) is 31.1 Å². The number of anilines is 1. The Hall–Kier alpha value is -3.09. The fraction of sp³-hybridized carbons (Fsp3) is 0.333. The minimum absolute atomic E-state index is 0.0520. The molecule has 1 aliphatic heterocycles. The van der Waals surface area contributed by atoms with E-state index in [9.17, 15) is 9.18 Å². The van der Waals surface area contributed by atoms with E-state index in [4.69, 9.17) is 0 Å². The van der Waals surface area contributed by atoms with Crippen molar-refractivity contribution in [2.45, 2.75) is 20.0 Å². The highest BCUT2D eigenvalue weighted by Gasteiger charge is 2.16. The number of aliphatic imine (C=N–C) groups is 1. The van der Waals surface area contributed by atoms with Gasteiger partial charge in [-0.15, -0.1) is 0 Å². The zero-order chi connectivity index (χ0) is 19.8. The van der Waals surface area contributed by atoms with E-state index in [1.54, 1.807) is 12.1 Å². The Morgan fingerprint density at radius 1 is 1.18 bits per heavy atom. The van der Waals surface area contributed by atoms with Gasteiger partial charge in [0.15, 0.2) is 5.96 Å². The zero-order valence-corrected chi connectivity index (χ0v) is 16.0. The number of piperazine rings is 1. The van der Waals surface area contributed by atoms with Crippen molar-refractivity contribution >= 4 is 17.6 Å². The lowest BCUT2D eigenvalue weighted by molar-refractivity contribution is -0.120. The summed E-state index contributed by atoms with van der Waals surface area (Å²) in [6, 6.07) is 14.8. The van der Waals surface area contributed by atoms with Gasteiger partial charge in [0.05, 0.1) is 13.1 Å². The molecule has 3 N–H and O–H groups in total. The molecule has 0 aromatic heterocycles. The molecule has 0 atom stereocenters. The molecule has 148 valence electrons. The van der Waals surface area contributed by atoms with Crippen molar-refractivity contribution in [3.63, 3.8) is 0 Å². The summed E-state index contributed by atoms with van der Waals surface area (Å²) in [7, 11) is 0. The number of benzene rings is 2. The molecule has 0 saturated carbocycles. The van der Waals surface area contributed by atoms with Crippen LogP contribution >= 0.6 is 0 Å². The Bertz CT molecular complexity index is 822. The van der Waals surface area contributed by atoms with E-state index >= 15 is 0 Å². The molecule has 0 bridgehead atoms. The van der Waals surface area contributed by atoms with Crippen LogP contribution in [0, 0.1) is 5.82 Å². The van der Waals surface area contributed by atoms with Gasteiger partial charge in [-0.3, -0.25) is 4.79 Å². The second-order valence-electron chi connectivity index (χ2n) is 6.58. The Balaban J connectivity index is 1.59. The van der Waals surface area contributed by atoms with E-state index in [1.165, 1.54) is 6.07 Å². The van der Waals surface area contributed by atoms with Gasteiger partial charge in [-0.1, -0.05) is 30.3 Å². The van der Waals surface area contributed by atoms with Gasteiger partial charge in [0.1, 0.15) is 5.82 Å². The lowest BCUT2D eigenvalue weighted by Crippen LogP contribution is -2.47. The van der Waals surface area contributed by atoms with Crippen LogP contribution in [-0.4, -0.2) is 38.0 Å². The molecule has 2 aromatic rings. The van der Waals surface area contributed by atoms with Crippen LogP contribution in [0.25, 0.3) is 0 Å². The standard InChI is InChI=1S/C21H26FN5O/c1-2-23-21(26-14-17-5-3-4-6-19(17)22)25-13-16-7-9-18(10-8-16)27-12-11-24-20(28)15-27/h3-10H,2,11-15H2,1H3,(H,24,28)(H2,23,25,26). The Kier molecular flexibility index (Phi) is 6.84. The van der Waals surface area contributed by atoms with Gasteiger partial charge in [-0.2, -0.15) is 0 Å². The van der Waals surface area contributed by atoms with Crippen LogP contribution in [0.5, 0.6) is 0 Å². The third-order valence-corrected chi connectivity index (χ3v) is 4.51. The van der Waals surface area contributed by atoms with Crippen molar-refractivity contribution in [1.82, 2.24) is 16.0 Å². The van der Waals surface area contributed by atoms with E-state index in [2.05, 4.69) is 25.8 Å².